The second-order valence-electron chi connectivity index (χ2n) is 4.79. The zero-order valence-electron chi connectivity index (χ0n) is 12.3. The van der Waals surface area contributed by atoms with Gasteiger partial charge in [-0.15, -0.1) is 11.3 Å². The summed E-state index contributed by atoms with van der Waals surface area (Å²) in [5.74, 6) is 1.02. The molecule has 0 atom stereocenters. The first-order valence-electron chi connectivity index (χ1n) is 6.77. The summed E-state index contributed by atoms with van der Waals surface area (Å²) in [4.78, 5) is 22.8. The van der Waals surface area contributed by atoms with Gasteiger partial charge in [0.1, 0.15) is 21.9 Å². The normalized spacial score (nSPS) is 11.0. The van der Waals surface area contributed by atoms with Crippen molar-refractivity contribution in [2.24, 2.45) is 0 Å². The van der Waals surface area contributed by atoms with E-state index in [1.54, 1.807) is 30.0 Å². The van der Waals surface area contributed by atoms with Crippen LogP contribution in [0.2, 0.25) is 0 Å². The summed E-state index contributed by atoms with van der Waals surface area (Å²) in [6.07, 6.45) is 3.15. The van der Waals surface area contributed by atoms with Crippen LogP contribution >= 0.6 is 23.1 Å². The number of fused-ring (bicyclic) bond motifs is 1. The first-order valence-corrected chi connectivity index (χ1v) is 8.58. The molecule has 0 saturated heterocycles. The van der Waals surface area contributed by atoms with Crippen LogP contribution in [0.1, 0.15) is 16.2 Å². The summed E-state index contributed by atoms with van der Waals surface area (Å²) in [6.45, 7) is 4.55. The van der Waals surface area contributed by atoms with E-state index in [-0.39, 0.29) is 5.91 Å². The highest BCUT2D eigenvalue weighted by Gasteiger charge is 2.13. The van der Waals surface area contributed by atoms with Gasteiger partial charge in [0.25, 0.3) is 0 Å². The van der Waals surface area contributed by atoms with Crippen molar-refractivity contribution < 1.29 is 9.21 Å². The van der Waals surface area contributed by atoms with Crippen LogP contribution in [0.15, 0.2) is 34.2 Å². The standard InChI is InChI=1S/C15H15N3O2S2/c1-9-10(2)22-15-13(9)14(17-8-18-15)21-7-12(19)16-6-11-4-3-5-20-11/h3-5,8H,6-7H2,1-2H3,(H,16,19). The summed E-state index contributed by atoms with van der Waals surface area (Å²) in [6, 6.07) is 3.63. The van der Waals surface area contributed by atoms with E-state index >= 15 is 0 Å². The SMILES string of the molecule is Cc1sc2ncnc(SCC(=O)NCc3ccco3)c2c1C. The Bertz CT molecular complexity index is 797. The van der Waals surface area contributed by atoms with E-state index in [4.69, 9.17) is 4.42 Å². The third-order valence-electron chi connectivity index (χ3n) is 3.31. The predicted molar refractivity (Wildman–Crippen MR) is 88.2 cm³/mol. The molecule has 1 N–H and O–H groups in total. The Morgan fingerprint density at radius 1 is 1.41 bits per heavy atom. The number of hydrogen-bond acceptors (Lipinski definition) is 6. The van der Waals surface area contributed by atoms with Crippen LogP contribution in [0, 0.1) is 13.8 Å². The Morgan fingerprint density at radius 3 is 3.05 bits per heavy atom. The van der Waals surface area contributed by atoms with Crippen molar-refractivity contribution in [1.82, 2.24) is 15.3 Å². The van der Waals surface area contributed by atoms with Crippen LogP contribution in [0.5, 0.6) is 0 Å². The third kappa shape index (κ3) is 3.15. The quantitative estimate of drug-likeness (QED) is 0.573. The largest absolute Gasteiger partial charge is 0.467 e. The number of nitrogens with zero attached hydrogens (tertiary/aromatic N) is 2. The van der Waals surface area contributed by atoms with Gasteiger partial charge in [0.2, 0.25) is 5.91 Å². The molecule has 3 aromatic heterocycles. The number of carbonyl (C=O) groups is 1. The second kappa shape index (κ2) is 6.50. The zero-order chi connectivity index (χ0) is 15.5. The lowest BCUT2D eigenvalue weighted by molar-refractivity contribution is -0.118. The highest BCUT2D eigenvalue weighted by atomic mass is 32.2. The molecule has 0 spiro atoms. The van der Waals surface area contributed by atoms with E-state index in [1.165, 1.54) is 22.2 Å². The van der Waals surface area contributed by atoms with E-state index < -0.39 is 0 Å². The Kier molecular flexibility index (Phi) is 4.44. The minimum Gasteiger partial charge on any atom is -0.467 e. The van der Waals surface area contributed by atoms with Gasteiger partial charge in [0, 0.05) is 10.3 Å². The maximum atomic E-state index is 11.9. The molecule has 22 heavy (non-hydrogen) atoms. The molecule has 1 amide bonds. The van der Waals surface area contributed by atoms with Gasteiger partial charge < -0.3 is 9.73 Å². The second-order valence-corrected chi connectivity index (χ2v) is 6.95. The van der Waals surface area contributed by atoms with Crippen molar-refractivity contribution in [2.45, 2.75) is 25.4 Å². The maximum absolute atomic E-state index is 11.9. The predicted octanol–water partition coefficient (Wildman–Crippen LogP) is 3.31. The Morgan fingerprint density at radius 2 is 2.27 bits per heavy atom. The van der Waals surface area contributed by atoms with Crippen LogP contribution in [0.25, 0.3) is 10.2 Å². The number of thiophene rings is 1. The average molecular weight is 333 g/mol. The molecule has 0 fully saturated rings. The molecule has 7 heteroatoms. The summed E-state index contributed by atoms with van der Waals surface area (Å²) in [5.41, 5.74) is 1.19. The summed E-state index contributed by atoms with van der Waals surface area (Å²) in [5, 5.41) is 4.75. The van der Waals surface area contributed by atoms with Gasteiger partial charge in [-0.05, 0) is 31.5 Å². The highest BCUT2D eigenvalue weighted by molar-refractivity contribution is 8.00. The molecule has 0 radical (unpaired) electrons. The third-order valence-corrected chi connectivity index (χ3v) is 5.42. The van der Waals surface area contributed by atoms with Gasteiger partial charge in [0.15, 0.2) is 0 Å². The molecular formula is C15H15N3O2S2. The number of aromatic nitrogens is 2. The van der Waals surface area contributed by atoms with Gasteiger partial charge in [-0.3, -0.25) is 4.79 Å². The van der Waals surface area contributed by atoms with Gasteiger partial charge in [-0.1, -0.05) is 11.8 Å². The number of amides is 1. The molecule has 3 aromatic rings. The molecule has 0 unspecified atom stereocenters. The first-order chi connectivity index (χ1) is 10.6. The number of furan rings is 1. The van der Waals surface area contributed by atoms with Crippen molar-refractivity contribution in [1.29, 1.82) is 0 Å². The molecule has 114 valence electrons. The monoisotopic (exact) mass is 333 g/mol. The number of rotatable bonds is 5. The Balaban J connectivity index is 1.65. The van der Waals surface area contributed by atoms with Crippen molar-refractivity contribution in [3.63, 3.8) is 0 Å². The highest BCUT2D eigenvalue weighted by Crippen LogP contribution is 2.34. The number of hydrogen-bond donors (Lipinski definition) is 1. The summed E-state index contributed by atoms with van der Waals surface area (Å²) in [7, 11) is 0. The van der Waals surface area contributed by atoms with E-state index in [0.717, 1.165) is 21.0 Å². The first kappa shape index (κ1) is 15.1. The van der Waals surface area contributed by atoms with Crippen molar-refractivity contribution in [2.75, 3.05) is 5.75 Å². The topological polar surface area (TPSA) is 68.0 Å². The van der Waals surface area contributed by atoms with Gasteiger partial charge in [-0.25, -0.2) is 9.97 Å². The average Bonchev–Trinajstić information content (AvgIpc) is 3.12. The molecule has 5 nitrogen and oxygen atoms in total. The molecular weight excluding hydrogens is 318 g/mol. The van der Waals surface area contributed by atoms with E-state index in [0.29, 0.717) is 12.3 Å². The minimum atomic E-state index is -0.0437. The van der Waals surface area contributed by atoms with E-state index in [9.17, 15) is 4.79 Å². The van der Waals surface area contributed by atoms with Crippen LogP contribution in [0.4, 0.5) is 0 Å². The Hall–Kier alpha value is -1.86. The molecule has 0 aliphatic rings. The van der Waals surface area contributed by atoms with E-state index in [2.05, 4.69) is 29.1 Å². The zero-order valence-corrected chi connectivity index (χ0v) is 13.9. The van der Waals surface area contributed by atoms with Crippen LogP contribution in [-0.4, -0.2) is 21.6 Å². The number of nitrogens with one attached hydrogen (secondary N) is 1. The minimum absolute atomic E-state index is 0.0437. The van der Waals surface area contributed by atoms with Crippen LogP contribution < -0.4 is 5.32 Å². The number of carbonyl (C=O) groups excluding carboxylic acids is 1. The lowest BCUT2D eigenvalue weighted by Crippen LogP contribution is -2.24. The van der Waals surface area contributed by atoms with Gasteiger partial charge in [-0.2, -0.15) is 0 Å². The van der Waals surface area contributed by atoms with Crippen LogP contribution in [0.3, 0.4) is 0 Å². The molecule has 0 aliphatic carbocycles. The lowest BCUT2D eigenvalue weighted by Gasteiger charge is -2.04. The molecule has 3 heterocycles. The summed E-state index contributed by atoms with van der Waals surface area (Å²) >= 11 is 3.09. The number of thioether (sulfide) groups is 1. The molecule has 0 aliphatic heterocycles. The summed E-state index contributed by atoms with van der Waals surface area (Å²) < 4.78 is 5.18. The van der Waals surface area contributed by atoms with E-state index in [1.807, 2.05) is 6.07 Å². The molecule has 0 aromatic carbocycles. The van der Waals surface area contributed by atoms with Gasteiger partial charge >= 0.3 is 0 Å². The lowest BCUT2D eigenvalue weighted by atomic mass is 10.2. The fraction of sp³-hybridized carbons (Fsp3) is 0.267. The van der Waals surface area contributed by atoms with Gasteiger partial charge in [0.05, 0.1) is 18.6 Å². The molecule has 0 saturated carbocycles. The molecule has 3 rings (SSSR count). The fourth-order valence-electron chi connectivity index (χ4n) is 2.04. The van der Waals surface area contributed by atoms with Crippen molar-refractivity contribution in [3.05, 3.63) is 40.9 Å². The van der Waals surface area contributed by atoms with Crippen molar-refractivity contribution >= 4 is 39.2 Å². The number of aryl methyl sites for hydroxylation is 2. The Labute approximate surface area is 136 Å². The van der Waals surface area contributed by atoms with Crippen LogP contribution in [-0.2, 0) is 11.3 Å². The fourth-order valence-corrected chi connectivity index (χ4v) is 3.99. The van der Waals surface area contributed by atoms with Crippen molar-refractivity contribution in [3.8, 4) is 0 Å². The maximum Gasteiger partial charge on any atom is 0.230 e. The molecule has 0 bridgehead atoms. The smallest absolute Gasteiger partial charge is 0.230 e.